The van der Waals surface area contributed by atoms with Crippen LogP contribution in [0.2, 0.25) is 0 Å². The van der Waals surface area contributed by atoms with E-state index >= 15 is 0 Å². The van der Waals surface area contributed by atoms with Gasteiger partial charge in [-0.2, -0.15) is 0 Å². The predicted octanol–water partition coefficient (Wildman–Crippen LogP) is 5.24. The number of unbranched alkanes of at least 4 members (excludes halogenated alkanes) is 2. The molecule has 0 aromatic heterocycles. The van der Waals surface area contributed by atoms with Crippen molar-refractivity contribution in [3.05, 3.63) is 48.5 Å². The highest BCUT2D eigenvalue weighted by Gasteiger charge is 2.21. The number of anilines is 4. The van der Waals surface area contributed by atoms with E-state index in [1.165, 1.54) is 0 Å². The second kappa shape index (κ2) is 11.9. The number of nitrogens with one attached hydrogen (secondary N) is 4. The van der Waals surface area contributed by atoms with E-state index in [4.69, 9.17) is 0 Å². The molecule has 0 aliphatic rings. The molecule has 0 spiro atoms. The molecular formula is C25H34N4O3. The molecular weight excluding hydrogens is 404 g/mol. The average Bonchev–Trinajstić information content (AvgIpc) is 2.72. The normalized spacial score (nSPS) is 10.9. The summed E-state index contributed by atoms with van der Waals surface area (Å²) in [7, 11) is 0. The summed E-state index contributed by atoms with van der Waals surface area (Å²) in [5.74, 6) is -0.327. The Morgan fingerprint density at radius 3 is 1.88 bits per heavy atom. The summed E-state index contributed by atoms with van der Waals surface area (Å²) >= 11 is 0. The number of carbonyl (C=O) groups excluding carboxylic acids is 3. The molecule has 172 valence electrons. The Morgan fingerprint density at radius 1 is 0.750 bits per heavy atom. The van der Waals surface area contributed by atoms with Crippen molar-refractivity contribution in [2.75, 3.05) is 27.8 Å². The van der Waals surface area contributed by atoms with Crippen LogP contribution >= 0.6 is 0 Å². The monoisotopic (exact) mass is 438 g/mol. The molecule has 4 N–H and O–H groups in total. The Labute approximate surface area is 190 Å². The molecule has 0 saturated carbocycles. The summed E-state index contributed by atoms with van der Waals surface area (Å²) in [5, 5.41) is 11.6. The number of rotatable bonds is 10. The fraction of sp³-hybridized carbons (Fsp3) is 0.400. The third-order valence-electron chi connectivity index (χ3n) is 4.69. The van der Waals surface area contributed by atoms with Gasteiger partial charge in [-0.25, -0.2) is 0 Å². The second-order valence-electron chi connectivity index (χ2n) is 8.77. The van der Waals surface area contributed by atoms with Crippen LogP contribution in [0.3, 0.4) is 0 Å². The first-order chi connectivity index (χ1) is 15.2. The van der Waals surface area contributed by atoms with E-state index in [1.807, 2.05) is 32.9 Å². The van der Waals surface area contributed by atoms with Gasteiger partial charge in [0.2, 0.25) is 17.7 Å². The number of hydrogen-bond acceptors (Lipinski definition) is 4. The van der Waals surface area contributed by atoms with E-state index < -0.39 is 5.41 Å². The SMILES string of the molecule is CCCCCC(=O)Nc1cccc(NC(=O)CNc2cccc(NC(=O)C(C)(C)C)c2)c1. The van der Waals surface area contributed by atoms with Gasteiger partial charge >= 0.3 is 0 Å². The lowest BCUT2D eigenvalue weighted by Gasteiger charge is -2.18. The predicted molar refractivity (Wildman–Crippen MR) is 131 cm³/mol. The van der Waals surface area contributed by atoms with Crippen LogP contribution in [0.5, 0.6) is 0 Å². The number of amides is 3. The third kappa shape index (κ3) is 8.79. The van der Waals surface area contributed by atoms with Crippen LogP contribution in [0.1, 0.15) is 53.4 Å². The molecule has 0 radical (unpaired) electrons. The van der Waals surface area contributed by atoms with E-state index in [9.17, 15) is 14.4 Å². The third-order valence-corrected chi connectivity index (χ3v) is 4.69. The van der Waals surface area contributed by atoms with Gasteiger partial charge in [-0.05, 0) is 42.8 Å². The molecule has 32 heavy (non-hydrogen) atoms. The maximum atomic E-state index is 12.4. The molecule has 0 atom stereocenters. The van der Waals surface area contributed by atoms with Gasteiger partial charge in [-0.1, -0.05) is 52.7 Å². The summed E-state index contributed by atoms with van der Waals surface area (Å²) in [6.07, 6.45) is 3.45. The van der Waals surface area contributed by atoms with Crippen molar-refractivity contribution in [2.24, 2.45) is 5.41 Å². The second-order valence-corrected chi connectivity index (χ2v) is 8.77. The van der Waals surface area contributed by atoms with Crippen molar-refractivity contribution in [1.29, 1.82) is 0 Å². The molecule has 3 amide bonds. The number of hydrogen-bond donors (Lipinski definition) is 4. The van der Waals surface area contributed by atoms with Crippen molar-refractivity contribution in [2.45, 2.75) is 53.4 Å². The standard InChI is InChI=1S/C25H34N4O3/c1-5-6-7-14-22(30)27-19-11-9-12-20(16-19)28-23(31)17-26-18-10-8-13-21(15-18)29-24(32)25(2,3)4/h8-13,15-16,26H,5-7,14,17H2,1-4H3,(H,27,30)(H,28,31)(H,29,32). The summed E-state index contributed by atoms with van der Waals surface area (Å²) in [4.78, 5) is 36.5. The van der Waals surface area contributed by atoms with Crippen LogP contribution in [-0.2, 0) is 14.4 Å². The highest BCUT2D eigenvalue weighted by atomic mass is 16.2. The molecule has 0 bridgehead atoms. The minimum absolute atomic E-state index is 0.0259. The van der Waals surface area contributed by atoms with Crippen molar-refractivity contribution in [3.63, 3.8) is 0 Å². The zero-order valence-corrected chi connectivity index (χ0v) is 19.4. The van der Waals surface area contributed by atoms with Crippen LogP contribution < -0.4 is 21.3 Å². The highest BCUT2D eigenvalue weighted by Crippen LogP contribution is 2.20. The fourth-order valence-electron chi connectivity index (χ4n) is 2.85. The van der Waals surface area contributed by atoms with Crippen LogP contribution in [0.4, 0.5) is 22.7 Å². The van der Waals surface area contributed by atoms with Crippen molar-refractivity contribution in [3.8, 4) is 0 Å². The lowest BCUT2D eigenvalue weighted by molar-refractivity contribution is -0.123. The van der Waals surface area contributed by atoms with Gasteiger partial charge in [-0.3, -0.25) is 14.4 Å². The van der Waals surface area contributed by atoms with Gasteiger partial charge in [0.15, 0.2) is 0 Å². The van der Waals surface area contributed by atoms with Gasteiger partial charge in [0, 0.05) is 34.6 Å². The fourth-order valence-corrected chi connectivity index (χ4v) is 2.85. The zero-order valence-electron chi connectivity index (χ0n) is 19.4. The summed E-state index contributed by atoms with van der Waals surface area (Å²) in [6.45, 7) is 7.70. The zero-order chi connectivity index (χ0) is 23.6. The lowest BCUT2D eigenvalue weighted by Crippen LogP contribution is -2.27. The Balaban J connectivity index is 1.86. The van der Waals surface area contributed by atoms with E-state index in [-0.39, 0.29) is 24.3 Å². The van der Waals surface area contributed by atoms with E-state index in [0.717, 1.165) is 24.9 Å². The minimum atomic E-state index is -0.493. The maximum Gasteiger partial charge on any atom is 0.243 e. The maximum absolute atomic E-state index is 12.4. The van der Waals surface area contributed by atoms with Gasteiger partial charge in [-0.15, -0.1) is 0 Å². The topological polar surface area (TPSA) is 99.3 Å². The number of carbonyl (C=O) groups is 3. The highest BCUT2D eigenvalue weighted by molar-refractivity contribution is 5.96. The molecule has 0 aliphatic heterocycles. The Hall–Kier alpha value is -3.35. The molecule has 0 fully saturated rings. The molecule has 2 aromatic carbocycles. The Bertz CT molecular complexity index is 935. The van der Waals surface area contributed by atoms with Crippen molar-refractivity contribution >= 4 is 40.5 Å². The molecule has 0 aliphatic carbocycles. The lowest BCUT2D eigenvalue weighted by atomic mass is 9.95. The minimum Gasteiger partial charge on any atom is -0.376 e. The molecule has 0 saturated heterocycles. The summed E-state index contributed by atoms with van der Waals surface area (Å²) < 4.78 is 0. The van der Waals surface area contributed by atoms with Crippen LogP contribution in [0.25, 0.3) is 0 Å². The van der Waals surface area contributed by atoms with E-state index in [1.54, 1.807) is 36.4 Å². The van der Waals surface area contributed by atoms with Crippen LogP contribution in [-0.4, -0.2) is 24.3 Å². The van der Waals surface area contributed by atoms with Crippen molar-refractivity contribution in [1.82, 2.24) is 0 Å². The molecule has 0 heterocycles. The van der Waals surface area contributed by atoms with Crippen LogP contribution in [0, 0.1) is 5.41 Å². The van der Waals surface area contributed by atoms with Gasteiger partial charge in [0.25, 0.3) is 0 Å². The summed E-state index contributed by atoms with van der Waals surface area (Å²) in [6, 6.07) is 14.3. The summed E-state index contributed by atoms with van der Waals surface area (Å²) in [5.41, 5.74) is 2.15. The number of benzene rings is 2. The first-order valence-corrected chi connectivity index (χ1v) is 11.0. The first kappa shape index (κ1) is 24.9. The van der Waals surface area contributed by atoms with Crippen molar-refractivity contribution < 1.29 is 14.4 Å². The average molecular weight is 439 g/mol. The van der Waals surface area contributed by atoms with Crippen LogP contribution in [0.15, 0.2) is 48.5 Å². The first-order valence-electron chi connectivity index (χ1n) is 11.0. The Morgan fingerprint density at radius 2 is 1.28 bits per heavy atom. The smallest absolute Gasteiger partial charge is 0.243 e. The molecule has 0 unspecified atom stereocenters. The molecule has 7 nitrogen and oxygen atoms in total. The van der Waals surface area contributed by atoms with E-state index in [0.29, 0.717) is 23.5 Å². The molecule has 7 heteroatoms. The largest absolute Gasteiger partial charge is 0.376 e. The molecule has 2 rings (SSSR count). The van der Waals surface area contributed by atoms with Gasteiger partial charge in [0.1, 0.15) is 0 Å². The van der Waals surface area contributed by atoms with Gasteiger partial charge in [0.05, 0.1) is 6.54 Å². The molecule has 2 aromatic rings. The van der Waals surface area contributed by atoms with Gasteiger partial charge < -0.3 is 21.3 Å². The Kier molecular flexibility index (Phi) is 9.25. The quantitative estimate of drug-likeness (QED) is 0.381. The van der Waals surface area contributed by atoms with E-state index in [2.05, 4.69) is 28.2 Å².